The van der Waals surface area contributed by atoms with E-state index in [1.54, 1.807) is 0 Å². The number of allylic oxidation sites excluding steroid dienone is 2. The largest absolute Gasteiger partial charge is 0.479 e. The highest BCUT2D eigenvalue weighted by Crippen LogP contribution is 2.76. The summed E-state index contributed by atoms with van der Waals surface area (Å²) in [6, 6.07) is 0. The number of aliphatic hydroxyl groups is 12. The van der Waals surface area contributed by atoms with Gasteiger partial charge in [-0.05, 0) is 109 Å². The Labute approximate surface area is 442 Å². The van der Waals surface area contributed by atoms with Crippen LogP contribution in [0.2, 0.25) is 0 Å². The van der Waals surface area contributed by atoms with Gasteiger partial charge >= 0.3 is 11.9 Å². The lowest BCUT2D eigenvalue weighted by atomic mass is 9.33. The Bertz CT molecular complexity index is 2140. The Kier molecular flexibility index (Phi) is 16.2. The number of ether oxygens (including phenoxy) is 8. The van der Waals surface area contributed by atoms with Gasteiger partial charge in [-0.2, -0.15) is 0 Å². The van der Waals surface area contributed by atoms with Crippen molar-refractivity contribution in [1.82, 2.24) is 0 Å². The van der Waals surface area contributed by atoms with Crippen LogP contribution in [0.15, 0.2) is 11.6 Å². The molecule has 0 aromatic carbocycles. The minimum atomic E-state index is -2.10. The number of aliphatic carboxylic acids is 1. The molecule has 0 bridgehead atoms. The van der Waals surface area contributed by atoms with E-state index in [-0.39, 0.29) is 39.4 Å². The van der Waals surface area contributed by atoms with Gasteiger partial charge in [-0.25, -0.2) is 4.79 Å². The van der Waals surface area contributed by atoms with Gasteiger partial charge in [0.2, 0.25) is 6.29 Å². The quantitative estimate of drug-likeness (QED) is 0.0649. The second-order valence-corrected chi connectivity index (χ2v) is 25.9. The number of esters is 1. The first kappa shape index (κ1) is 58.6. The molecule has 8 fully saturated rings. The molecule has 9 aliphatic rings. The molecule has 76 heavy (non-hydrogen) atoms. The summed E-state index contributed by atoms with van der Waals surface area (Å²) in [5, 5.41) is 138. The zero-order chi connectivity index (χ0) is 55.6. The van der Waals surface area contributed by atoms with Crippen molar-refractivity contribution in [1.29, 1.82) is 0 Å². The van der Waals surface area contributed by atoms with E-state index < -0.39 is 165 Å². The number of rotatable bonds is 11. The molecule has 23 nitrogen and oxygen atoms in total. The van der Waals surface area contributed by atoms with Gasteiger partial charge in [0.15, 0.2) is 25.0 Å². The Balaban J connectivity index is 0.996. The molecule has 4 saturated heterocycles. The van der Waals surface area contributed by atoms with Crippen molar-refractivity contribution in [3.63, 3.8) is 0 Å². The van der Waals surface area contributed by atoms with Crippen LogP contribution < -0.4 is 0 Å². The summed E-state index contributed by atoms with van der Waals surface area (Å²) in [7, 11) is 0. The second kappa shape index (κ2) is 21.0. The molecule has 23 heteroatoms. The standard InChI is InChI=1S/C53H84O23/c1-48(2)14-16-53(47(68)76-45-37(64)34(61)32(59)26(20-55)71-45)17-15-51(6)22(23(53)18-48)8-9-28-50(5)12-11-29(49(3,4)27(50)10-13-52(28,51)7)72-46-41(75-43-35(62)30(57)24(56)21-69-43)39(38(65)40(74-46)42(66)67)73-44-36(63)33(60)31(58)25(19-54)70-44/h8,23-41,43-46,54-65H,9-21H2,1-7H3,(H,66,67)/t23-,24+,25-,26-,27-,28-,29-,30+,31-,32-,33+,34+,35-,36-,37-,38+,39+,40+,41-,43-,44+,45+,46-,50-,51-,52-,53+/m1/s1. The van der Waals surface area contributed by atoms with E-state index in [9.17, 15) is 76.0 Å². The predicted octanol–water partition coefficient (Wildman–Crippen LogP) is -1.30. The van der Waals surface area contributed by atoms with Gasteiger partial charge in [-0.1, -0.05) is 60.1 Å². The Hall–Kier alpha value is -2.08. The van der Waals surface area contributed by atoms with E-state index in [0.717, 1.165) is 19.3 Å². The van der Waals surface area contributed by atoms with E-state index in [1.807, 2.05) is 0 Å². The lowest BCUT2D eigenvalue weighted by Gasteiger charge is -2.71. The van der Waals surface area contributed by atoms with Crippen LogP contribution in [0.3, 0.4) is 0 Å². The molecular weight excluding hydrogens is 1000 g/mol. The number of carboxylic acids is 1. The highest BCUT2D eigenvalue weighted by Gasteiger charge is 2.70. The third-order valence-electron chi connectivity index (χ3n) is 21.0. The van der Waals surface area contributed by atoms with Crippen molar-refractivity contribution >= 4 is 11.9 Å². The lowest BCUT2D eigenvalue weighted by Crippen LogP contribution is -2.68. The Morgan fingerprint density at radius 1 is 0.605 bits per heavy atom. The zero-order valence-electron chi connectivity index (χ0n) is 44.4. The molecule has 434 valence electrons. The second-order valence-electron chi connectivity index (χ2n) is 25.9. The molecular formula is C53H84O23. The van der Waals surface area contributed by atoms with Crippen LogP contribution in [0.5, 0.6) is 0 Å². The number of hydrogen-bond donors (Lipinski definition) is 13. The van der Waals surface area contributed by atoms with Gasteiger partial charge in [0, 0.05) is 0 Å². The molecule has 4 aliphatic heterocycles. The maximum atomic E-state index is 14.8. The smallest absolute Gasteiger partial charge is 0.335 e. The van der Waals surface area contributed by atoms with Crippen molar-refractivity contribution in [3.05, 3.63) is 11.6 Å². The van der Waals surface area contributed by atoms with Crippen LogP contribution in [0, 0.1) is 50.2 Å². The molecule has 4 saturated carbocycles. The van der Waals surface area contributed by atoms with Gasteiger partial charge in [0.25, 0.3) is 0 Å². The first-order chi connectivity index (χ1) is 35.5. The summed E-state index contributed by atoms with van der Waals surface area (Å²) >= 11 is 0. The highest BCUT2D eigenvalue weighted by atomic mass is 16.8. The summed E-state index contributed by atoms with van der Waals surface area (Å²) in [5.74, 6) is -2.22. The van der Waals surface area contributed by atoms with E-state index >= 15 is 0 Å². The SMILES string of the molecule is CC1(C)CC[C@]2(C(=O)O[C@@H]3O[C@H](CO)[C@@H](O)[C@H](O)[C@H]3O)CC[C@]3(C)C(=CC[C@@H]4[C@]5(C)CC[C@@H](O[C@@H]6O[C@H](C(=O)O)[C@@H](O)[C@H](O[C@@H]7O[C@H](CO)[C@@H](O)[C@H](O)[C@H]7O)[C@H]6O[C@H]6OC[C@H](O)[C@H](O)[C@H]6O)C(C)(C)[C@H]5CC[C@]43C)[C@H]2C1. The topological polar surface area (TPSA) is 371 Å². The zero-order valence-corrected chi connectivity index (χ0v) is 44.4. The predicted molar refractivity (Wildman–Crippen MR) is 257 cm³/mol. The Morgan fingerprint density at radius 3 is 1.83 bits per heavy atom. The van der Waals surface area contributed by atoms with Crippen molar-refractivity contribution in [2.45, 2.75) is 235 Å². The van der Waals surface area contributed by atoms with Crippen LogP contribution in [0.4, 0.5) is 0 Å². The third-order valence-corrected chi connectivity index (χ3v) is 21.0. The van der Waals surface area contributed by atoms with Gasteiger partial charge in [0.05, 0.1) is 31.3 Å². The maximum Gasteiger partial charge on any atom is 0.335 e. The number of carbonyl (C=O) groups is 2. The molecule has 0 amide bonds. The summed E-state index contributed by atoms with van der Waals surface area (Å²) in [6.07, 6.45) is -25.0. The van der Waals surface area contributed by atoms with E-state index in [0.29, 0.717) is 44.9 Å². The first-order valence-electron chi connectivity index (χ1n) is 27.2. The van der Waals surface area contributed by atoms with Crippen molar-refractivity contribution in [3.8, 4) is 0 Å². The summed E-state index contributed by atoms with van der Waals surface area (Å²) < 4.78 is 48.1. The number of fused-ring (bicyclic) bond motifs is 7. The molecule has 0 aromatic rings. The Morgan fingerprint density at radius 2 is 1.20 bits per heavy atom. The summed E-state index contributed by atoms with van der Waals surface area (Å²) in [5.41, 5.74) is -1.43. The normalized spacial score (nSPS) is 52.9. The van der Waals surface area contributed by atoms with Crippen molar-refractivity contribution < 1.29 is 114 Å². The summed E-state index contributed by atoms with van der Waals surface area (Å²) in [4.78, 5) is 27.6. The molecule has 27 atom stereocenters. The fraction of sp³-hybridized carbons (Fsp3) is 0.925. The molecule has 9 rings (SSSR count). The fourth-order valence-electron chi connectivity index (χ4n) is 16.2. The van der Waals surface area contributed by atoms with Gasteiger partial charge in [-0.3, -0.25) is 4.79 Å². The molecule has 0 radical (unpaired) electrons. The van der Waals surface area contributed by atoms with Crippen LogP contribution in [0.25, 0.3) is 0 Å². The number of aliphatic hydroxyl groups excluding tert-OH is 12. The molecule has 5 aliphatic carbocycles. The van der Waals surface area contributed by atoms with Crippen LogP contribution in [0.1, 0.15) is 113 Å². The maximum absolute atomic E-state index is 14.8. The average Bonchev–Trinajstić information content (AvgIpc) is 3.53. The van der Waals surface area contributed by atoms with Crippen LogP contribution in [-0.4, -0.2) is 221 Å². The molecule has 4 heterocycles. The van der Waals surface area contributed by atoms with E-state index in [4.69, 9.17) is 37.9 Å². The minimum Gasteiger partial charge on any atom is -0.479 e. The minimum absolute atomic E-state index is 0.00491. The lowest BCUT2D eigenvalue weighted by molar-refractivity contribution is -0.391. The van der Waals surface area contributed by atoms with Gasteiger partial charge in [0.1, 0.15) is 85.5 Å². The first-order valence-corrected chi connectivity index (χ1v) is 27.2. The molecule has 0 aromatic heterocycles. The summed E-state index contributed by atoms with van der Waals surface area (Å²) in [6.45, 7) is 13.7. The third kappa shape index (κ3) is 9.42. The number of carbonyl (C=O) groups excluding carboxylic acids is 1. The monoisotopic (exact) mass is 1090 g/mol. The van der Waals surface area contributed by atoms with Crippen molar-refractivity contribution in [2.24, 2.45) is 50.2 Å². The molecule has 0 spiro atoms. The highest BCUT2D eigenvalue weighted by molar-refractivity contribution is 5.79. The van der Waals surface area contributed by atoms with Crippen LogP contribution in [-0.2, 0) is 47.5 Å². The number of hydrogen-bond acceptors (Lipinski definition) is 22. The van der Waals surface area contributed by atoms with Gasteiger partial charge < -0.3 is 104 Å². The average molecular weight is 1090 g/mol. The van der Waals surface area contributed by atoms with Gasteiger partial charge in [-0.15, -0.1) is 0 Å². The van der Waals surface area contributed by atoms with Crippen LogP contribution >= 0.6 is 0 Å². The van der Waals surface area contributed by atoms with Crippen molar-refractivity contribution in [2.75, 3.05) is 19.8 Å². The number of carboxylic acid groups (broad SMARTS) is 1. The van der Waals surface area contributed by atoms with E-state index in [1.165, 1.54) is 5.57 Å². The molecule has 0 unspecified atom stereocenters. The van der Waals surface area contributed by atoms with E-state index in [2.05, 4.69) is 54.5 Å². The fourth-order valence-corrected chi connectivity index (χ4v) is 16.2. The molecule has 13 N–H and O–H groups in total.